The van der Waals surface area contributed by atoms with Crippen molar-refractivity contribution in [3.05, 3.63) is 35.4 Å². The monoisotopic (exact) mass is 301 g/mol. The Labute approximate surface area is 130 Å². The van der Waals surface area contributed by atoms with Crippen LogP contribution in [0.2, 0.25) is 0 Å². The van der Waals surface area contributed by atoms with Gasteiger partial charge in [-0.15, -0.1) is 0 Å². The molecule has 4 nitrogen and oxygen atoms in total. The minimum absolute atomic E-state index is 0.00862. The molecule has 0 aliphatic heterocycles. The molecular weight excluding hydrogens is 278 g/mol. The Balaban J connectivity index is 2.17. The predicted octanol–water partition coefficient (Wildman–Crippen LogP) is 3.07. The minimum atomic E-state index is -0.411. The maximum Gasteiger partial charge on any atom is 0.202 e. The number of aromatic hydroxyl groups is 2. The van der Waals surface area contributed by atoms with E-state index >= 15 is 0 Å². The number of nitrogens with zero attached hydrogens (tertiary/aromatic N) is 1. The molecule has 1 aromatic carbocycles. The van der Waals surface area contributed by atoms with Crippen molar-refractivity contribution in [3.8, 4) is 22.9 Å². The fourth-order valence-electron chi connectivity index (χ4n) is 3.23. The maximum atomic E-state index is 10.7. The lowest BCUT2D eigenvalue weighted by Crippen LogP contribution is -2.23. The summed E-state index contributed by atoms with van der Waals surface area (Å²) in [5.74, 6) is 0.231. The van der Waals surface area contributed by atoms with E-state index < -0.39 is 5.41 Å². The van der Waals surface area contributed by atoms with E-state index in [0.29, 0.717) is 6.54 Å². The summed E-state index contributed by atoms with van der Waals surface area (Å²) in [5, 5.41) is 30.8. The quantitative estimate of drug-likeness (QED) is 0.816. The van der Waals surface area contributed by atoms with Crippen LogP contribution in [-0.4, -0.2) is 26.5 Å². The molecule has 0 saturated carbocycles. The summed E-state index contributed by atoms with van der Waals surface area (Å²) in [5.41, 5.74) is 3.36. The summed E-state index contributed by atoms with van der Waals surface area (Å²) in [6.07, 6.45) is 2.65. The molecule has 0 bridgehead atoms. The van der Waals surface area contributed by atoms with Crippen molar-refractivity contribution in [1.29, 1.82) is 0 Å². The van der Waals surface area contributed by atoms with Crippen LogP contribution in [0.15, 0.2) is 24.3 Å². The molecular formula is C18H23NO3. The highest BCUT2D eigenvalue weighted by molar-refractivity contribution is 5.78. The molecule has 1 aromatic heterocycles. The minimum Gasteiger partial charge on any atom is -0.494 e. The van der Waals surface area contributed by atoms with Crippen LogP contribution in [0.3, 0.4) is 0 Å². The Hall–Kier alpha value is -1.94. The van der Waals surface area contributed by atoms with Crippen molar-refractivity contribution in [2.75, 3.05) is 6.61 Å². The lowest BCUT2D eigenvalue weighted by atomic mass is 9.95. The second-order valence-corrected chi connectivity index (χ2v) is 6.92. The summed E-state index contributed by atoms with van der Waals surface area (Å²) in [4.78, 5) is 0. The van der Waals surface area contributed by atoms with Crippen molar-refractivity contribution in [3.63, 3.8) is 0 Å². The lowest BCUT2D eigenvalue weighted by Gasteiger charge is -2.23. The van der Waals surface area contributed by atoms with Gasteiger partial charge in [-0.2, -0.15) is 0 Å². The first kappa shape index (κ1) is 15.0. The summed E-state index contributed by atoms with van der Waals surface area (Å²) in [7, 11) is 0. The van der Waals surface area contributed by atoms with Crippen LogP contribution in [0.5, 0.6) is 11.8 Å². The average molecular weight is 301 g/mol. The normalized spacial score (nSPS) is 14.3. The largest absolute Gasteiger partial charge is 0.494 e. The van der Waals surface area contributed by atoms with E-state index in [1.54, 1.807) is 0 Å². The Morgan fingerprint density at radius 1 is 1.09 bits per heavy atom. The molecule has 0 spiro atoms. The summed E-state index contributed by atoms with van der Waals surface area (Å²) < 4.78 is 1.53. The van der Waals surface area contributed by atoms with Gasteiger partial charge in [0.15, 0.2) is 5.88 Å². The van der Waals surface area contributed by atoms with Crippen molar-refractivity contribution < 1.29 is 15.3 Å². The average Bonchev–Trinajstić information content (AvgIpc) is 2.67. The van der Waals surface area contributed by atoms with Gasteiger partial charge in [-0.3, -0.25) is 4.57 Å². The van der Waals surface area contributed by atoms with Gasteiger partial charge < -0.3 is 15.3 Å². The molecule has 118 valence electrons. The van der Waals surface area contributed by atoms with Crippen LogP contribution in [-0.2, 0) is 19.4 Å². The van der Waals surface area contributed by atoms with E-state index in [1.807, 2.05) is 32.0 Å². The summed E-state index contributed by atoms with van der Waals surface area (Å²) >= 11 is 0. The molecule has 0 saturated heterocycles. The van der Waals surface area contributed by atoms with Gasteiger partial charge >= 0.3 is 0 Å². The highest BCUT2D eigenvalue weighted by Gasteiger charge is 2.29. The lowest BCUT2D eigenvalue weighted by molar-refractivity contribution is 0.134. The van der Waals surface area contributed by atoms with Crippen LogP contribution in [0.25, 0.3) is 11.1 Å². The van der Waals surface area contributed by atoms with Gasteiger partial charge in [-0.25, -0.2) is 0 Å². The first-order valence-corrected chi connectivity index (χ1v) is 7.77. The molecule has 1 heterocycles. The molecule has 0 atom stereocenters. The van der Waals surface area contributed by atoms with Gasteiger partial charge in [0, 0.05) is 24.1 Å². The Morgan fingerprint density at radius 2 is 1.82 bits per heavy atom. The number of rotatable bonds is 3. The first-order valence-electron chi connectivity index (χ1n) is 7.77. The maximum absolute atomic E-state index is 10.7. The zero-order valence-corrected chi connectivity index (χ0v) is 13.1. The second-order valence-electron chi connectivity index (χ2n) is 6.92. The van der Waals surface area contributed by atoms with Gasteiger partial charge in [0.25, 0.3) is 0 Å². The topological polar surface area (TPSA) is 65.6 Å². The molecule has 0 radical (unpaired) electrons. The third-order valence-electron chi connectivity index (χ3n) is 4.48. The number of benzene rings is 1. The number of aryl methyl sites for hydroxylation is 1. The van der Waals surface area contributed by atoms with Crippen LogP contribution in [0.4, 0.5) is 0 Å². The van der Waals surface area contributed by atoms with E-state index in [1.165, 1.54) is 10.1 Å². The predicted molar refractivity (Wildman–Crippen MR) is 86.1 cm³/mol. The van der Waals surface area contributed by atoms with Gasteiger partial charge in [0.1, 0.15) is 0 Å². The van der Waals surface area contributed by atoms with Crippen LogP contribution in [0.1, 0.15) is 31.4 Å². The van der Waals surface area contributed by atoms with Crippen molar-refractivity contribution in [1.82, 2.24) is 4.57 Å². The molecule has 4 heteroatoms. The Kier molecular flexibility index (Phi) is 3.65. The standard InChI is InChI=1S/C18H23NO3/c1-18(2,11-20)10-19-16(21)14-9-5-7-12-6-3-4-8-13(12)15(14)17(19)22/h3-4,6,8,20-22H,5,7,9-11H2,1-2H3. The smallest absolute Gasteiger partial charge is 0.202 e. The fraction of sp³-hybridized carbons (Fsp3) is 0.444. The molecule has 1 aliphatic carbocycles. The van der Waals surface area contributed by atoms with E-state index in [4.69, 9.17) is 0 Å². The number of hydrogen-bond acceptors (Lipinski definition) is 3. The van der Waals surface area contributed by atoms with Gasteiger partial charge in [-0.05, 0) is 30.4 Å². The van der Waals surface area contributed by atoms with Crippen LogP contribution < -0.4 is 0 Å². The first-order chi connectivity index (χ1) is 10.4. The van der Waals surface area contributed by atoms with Gasteiger partial charge in [0.2, 0.25) is 5.88 Å². The van der Waals surface area contributed by atoms with E-state index in [0.717, 1.165) is 36.0 Å². The van der Waals surface area contributed by atoms with E-state index in [-0.39, 0.29) is 18.4 Å². The zero-order valence-electron chi connectivity index (χ0n) is 13.1. The third-order valence-corrected chi connectivity index (χ3v) is 4.48. The van der Waals surface area contributed by atoms with Crippen molar-refractivity contribution in [2.24, 2.45) is 5.41 Å². The molecule has 0 amide bonds. The molecule has 3 N–H and O–H groups in total. The Morgan fingerprint density at radius 3 is 2.55 bits per heavy atom. The van der Waals surface area contributed by atoms with E-state index in [9.17, 15) is 15.3 Å². The number of aliphatic hydroxyl groups excluding tert-OH is 1. The molecule has 1 aliphatic rings. The third kappa shape index (κ3) is 2.37. The molecule has 0 unspecified atom stereocenters. The van der Waals surface area contributed by atoms with Crippen LogP contribution in [0, 0.1) is 5.41 Å². The van der Waals surface area contributed by atoms with Gasteiger partial charge in [0.05, 0.1) is 5.56 Å². The molecule has 0 fully saturated rings. The highest BCUT2D eigenvalue weighted by atomic mass is 16.3. The zero-order chi connectivity index (χ0) is 15.9. The van der Waals surface area contributed by atoms with E-state index in [2.05, 4.69) is 6.07 Å². The van der Waals surface area contributed by atoms with Crippen molar-refractivity contribution in [2.45, 2.75) is 39.7 Å². The Bertz CT molecular complexity index is 701. The SMILES string of the molecule is CC(C)(CO)Cn1c(O)c2c(c1O)-c1ccccc1CCC2. The van der Waals surface area contributed by atoms with Gasteiger partial charge in [-0.1, -0.05) is 38.1 Å². The number of aromatic nitrogens is 1. The molecule has 2 aromatic rings. The number of fused-ring (bicyclic) bond motifs is 3. The number of aliphatic hydroxyl groups is 1. The fourth-order valence-corrected chi connectivity index (χ4v) is 3.23. The number of hydrogen-bond donors (Lipinski definition) is 3. The highest BCUT2D eigenvalue weighted by Crippen LogP contribution is 2.46. The molecule has 22 heavy (non-hydrogen) atoms. The van der Waals surface area contributed by atoms with Crippen LogP contribution >= 0.6 is 0 Å². The summed E-state index contributed by atoms with van der Waals surface area (Å²) in [6, 6.07) is 8.04. The molecule has 3 rings (SSSR count). The summed E-state index contributed by atoms with van der Waals surface area (Å²) in [6.45, 7) is 4.18. The second kappa shape index (κ2) is 5.36. The van der Waals surface area contributed by atoms with Crippen molar-refractivity contribution >= 4 is 0 Å².